The van der Waals surface area contributed by atoms with Crippen LogP contribution in [-0.4, -0.2) is 50.5 Å². The summed E-state index contributed by atoms with van der Waals surface area (Å²) in [6.07, 6.45) is -0.343. The van der Waals surface area contributed by atoms with E-state index < -0.39 is 0 Å². The van der Waals surface area contributed by atoms with Crippen molar-refractivity contribution in [1.82, 2.24) is 0 Å². The van der Waals surface area contributed by atoms with Crippen LogP contribution in [0.25, 0.3) is 0 Å². The SMILES string of the molecule is CCOC(C)OC1CO[C@@H]2C(OSI)CO[C@H]12. The smallest absolute Gasteiger partial charge is 0.155 e. The lowest BCUT2D eigenvalue weighted by molar-refractivity contribution is -0.175. The maximum absolute atomic E-state index is 5.76. The zero-order valence-electron chi connectivity index (χ0n) is 9.84. The molecule has 0 amide bonds. The summed E-state index contributed by atoms with van der Waals surface area (Å²) in [5.74, 6) is 0. The van der Waals surface area contributed by atoms with Gasteiger partial charge in [-0.3, -0.25) is 4.18 Å². The highest BCUT2D eigenvalue weighted by atomic mass is 127. The molecule has 100 valence electrons. The first-order valence-corrected chi connectivity index (χ1v) is 8.99. The minimum atomic E-state index is -0.227. The van der Waals surface area contributed by atoms with Gasteiger partial charge in [-0.05, 0) is 13.8 Å². The lowest BCUT2D eigenvalue weighted by Crippen LogP contribution is -2.35. The van der Waals surface area contributed by atoms with Crippen molar-refractivity contribution in [3.63, 3.8) is 0 Å². The Morgan fingerprint density at radius 1 is 1.29 bits per heavy atom. The standard InChI is InChI=1S/C10H17IO5S/c1-3-12-6(2)15-7-4-13-10-8(16-17-11)5-14-9(7)10/h6-10H,3-5H2,1-2H3/t6?,7?,8?,9-,10-/m1/s1. The van der Waals surface area contributed by atoms with Gasteiger partial charge < -0.3 is 18.9 Å². The van der Waals surface area contributed by atoms with Crippen LogP contribution in [0.4, 0.5) is 0 Å². The normalized spacial score (nSPS) is 38.3. The van der Waals surface area contributed by atoms with Crippen molar-refractivity contribution in [1.29, 1.82) is 0 Å². The zero-order chi connectivity index (χ0) is 12.3. The number of fused-ring (bicyclic) bond motifs is 1. The summed E-state index contributed by atoms with van der Waals surface area (Å²) >= 11 is 2.10. The molecule has 7 heteroatoms. The van der Waals surface area contributed by atoms with E-state index in [0.29, 0.717) is 19.8 Å². The third-order valence-corrected chi connectivity index (χ3v) is 3.83. The van der Waals surface area contributed by atoms with Crippen molar-refractivity contribution in [3.8, 4) is 0 Å². The number of ether oxygens (including phenoxy) is 4. The van der Waals surface area contributed by atoms with Crippen molar-refractivity contribution >= 4 is 30.4 Å². The molecule has 5 atom stereocenters. The highest BCUT2D eigenvalue weighted by molar-refractivity contribution is 14.2. The molecule has 0 aliphatic carbocycles. The second-order valence-corrected chi connectivity index (χ2v) is 5.39. The van der Waals surface area contributed by atoms with Gasteiger partial charge in [-0.25, -0.2) is 0 Å². The van der Waals surface area contributed by atoms with Gasteiger partial charge in [0.25, 0.3) is 0 Å². The first-order chi connectivity index (χ1) is 8.26. The summed E-state index contributed by atoms with van der Waals surface area (Å²) in [6, 6.07) is 0. The molecule has 0 aromatic heterocycles. The summed E-state index contributed by atoms with van der Waals surface area (Å²) in [6.45, 7) is 5.58. The molecule has 0 aromatic rings. The zero-order valence-corrected chi connectivity index (χ0v) is 12.8. The molecule has 0 bridgehead atoms. The van der Waals surface area contributed by atoms with Gasteiger partial charge in [-0.2, -0.15) is 0 Å². The summed E-state index contributed by atoms with van der Waals surface area (Å²) in [5, 5.41) is 0. The molecule has 0 spiro atoms. The fourth-order valence-corrected chi connectivity index (χ4v) is 3.25. The van der Waals surface area contributed by atoms with Crippen LogP contribution in [0.1, 0.15) is 13.8 Å². The van der Waals surface area contributed by atoms with E-state index in [1.807, 2.05) is 13.8 Å². The van der Waals surface area contributed by atoms with Gasteiger partial charge >= 0.3 is 0 Å². The largest absolute Gasteiger partial charge is 0.370 e. The lowest BCUT2D eigenvalue weighted by atomic mass is 10.1. The van der Waals surface area contributed by atoms with Crippen LogP contribution < -0.4 is 0 Å². The Balaban J connectivity index is 1.83. The van der Waals surface area contributed by atoms with Crippen LogP contribution in [0.2, 0.25) is 0 Å². The van der Waals surface area contributed by atoms with Crippen LogP contribution in [0.15, 0.2) is 0 Å². The van der Waals surface area contributed by atoms with Gasteiger partial charge in [0, 0.05) is 27.8 Å². The molecule has 2 aliphatic heterocycles. The number of hydrogen-bond donors (Lipinski definition) is 0. The monoisotopic (exact) mass is 376 g/mol. The van der Waals surface area contributed by atoms with E-state index >= 15 is 0 Å². The summed E-state index contributed by atoms with van der Waals surface area (Å²) in [5.41, 5.74) is 0. The fraction of sp³-hybridized carbons (Fsp3) is 1.00. The number of rotatable bonds is 6. The van der Waals surface area contributed by atoms with E-state index in [2.05, 4.69) is 21.2 Å². The molecule has 0 N–H and O–H groups in total. The van der Waals surface area contributed by atoms with E-state index in [0.717, 1.165) is 0 Å². The first-order valence-electron chi connectivity index (χ1n) is 5.70. The predicted octanol–water partition coefficient (Wildman–Crippen LogP) is 1.94. The summed E-state index contributed by atoms with van der Waals surface area (Å²) < 4.78 is 28.0. The highest BCUT2D eigenvalue weighted by Gasteiger charge is 2.49. The van der Waals surface area contributed by atoms with Crippen molar-refractivity contribution in [2.24, 2.45) is 0 Å². The molecule has 2 rings (SSSR count). The van der Waals surface area contributed by atoms with E-state index in [1.165, 1.54) is 9.21 Å². The van der Waals surface area contributed by atoms with Crippen LogP contribution >= 0.6 is 30.4 Å². The van der Waals surface area contributed by atoms with Crippen molar-refractivity contribution in [2.75, 3.05) is 19.8 Å². The van der Waals surface area contributed by atoms with Gasteiger partial charge in [-0.15, -0.1) is 0 Å². The van der Waals surface area contributed by atoms with Gasteiger partial charge in [0.2, 0.25) is 0 Å². The van der Waals surface area contributed by atoms with Crippen LogP contribution in [0, 0.1) is 0 Å². The van der Waals surface area contributed by atoms with E-state index in [1.54, 1.807) is 0 Å². The Morgan fingerprint density at radius 3 is 2.59 bits per heavy atom. The average Bonchev–Trinajstić information content (AvgIpc) is 2.84. The Bertz CT molecular complexity index is 245. The highest BCUT2D eigenvalue weighted by Crippen LogP contribution is 2.33. The van der Waals surface area contributed by atoms with Crippen LogP contribution in [-0.2, 0) is 23.1 Å². The lowest BCUT2D eigenvalue weighted by Gasteiger charge is -2.21. The Kier molecular flexibility index (Phi) is 5.78. The third kappa shape index (κ3) is 3.46. The summed E-state index contributed by atoms with van der Waals surface area (Å²) in [4.78, 5) is 0. The molecule has 2 fully saturated rings. The molecular formula is C10H17IO5S. The second-order valence-electron chi connectivity index (χ2n) is 3.99. The topological polar surface area (TPSA) is 46.2 Å². The fourth-order valence-electron chi connectivity index (χ4n) is 2.20. The summed E-state index contributed by atoms with van der Waals surface area (Å²) in [7, 11) is 1.32. The van der Waals surface area contributed by atoms with E-state index in [4.69, 9.17) is 23.1 Å². The maximum Gasteiger partial charge on any atom is 0.155 e. The molecule has 2 heterocycles. The predicted molar refractivity (Wildman–Crippen MR) is 71.9 cm³/mol. The van der Waals surface area contributed by atoms with Crippen molar-refractivity contribution < 1.29 is 23.1 Å². The minimum Gasteiger partial charge on any atom is -0.370 e. The molecule has 0 radical (unpaired) electrons. The second kappa shape index (κ2) is 6.88. The third-order valence-electron chi connectivity index (χ3n) is 2.89. The molecule has 5 nitrogen and oxygen atoms in total. The van der Waals surface area contributed by atoms with Gasteiger partial charge in [0.1, 0.15) is 24.4 Å². The average molecular weight is 376 g/mol. The van der Waals surface area contributed by atoms with Gasteiger partial charge in [0.05, 0.1) is 22.4 Å². The van der Waals surface area contributed by atoms with Gasteiger partial charge in [-0.1, -0.05) is 0 Å². The minimum absolute atomic E-state index is 0.00194. The Labute approximate surface area is 118 Å². The molecule has 0 saturated carbocycles. The Hall–Kier alpha value is 0.880. The van der Waals surface area contributed by atoms with Crippen LogP contribution in [0.5, 0.6) is 0 Å². The van der Waals surface area contributed by atoms with E-state index in [-0.39, 0.29) is 30.7 Å². The molecule has 0 aromatic carbocycles. The number of halogens is 1. The Morgan fingerprint density at radius 2 is 1.94 bits per heavy atom. The molecule has 2 aliphatic rings. The molecule has 17 heavy (non-hydrogen) atoms. The van der Waals surface area contributed by atoms with Gasteiger partial charge in [0.15, 0.2) is 6.29 Å². The van der Waals surface area contributed by atoms with Crippen LogP contribution in [0.3, 0.4) is 0 Å². The van der Waals surface area contributed by atoms with E-state index in [9.17, 15) is 0 Å². The molecule has 2 saturated heterocycles. The van der Waals surface area contributed by atoms with Crippen molar-refractivity contribution in [2.45, 2.75) is 44.6 Å². The maximum atomic E-state index is 5.76. The quantitative estimate of drug-likeness (QED) is 0.401. The van der Waals surface area contributed by atoms with Crippen molar-refractivity contribution in [3.05, 3.63) is 0 Å². The first kappa shape index (κ1) is 14.3. The molecule has 3 unspecified atom stereocenters. The molecular weight excluding hydrogens is 359 g/mol. The number of hydrogen-bond acceptors (Lipinski definition) is 6.